The average Bonchev–Trinajstić information content (AvgIpc) is 2.28. The molecular formula is C14H25N3O. The van der Waals surface area contributed by atoms with E-state index in [1.807, 2.05) is 6.92 Å². The predicted octanol–water partition coefficient (Wildman–Crippen LogP) is 2.19. The highest BCUT2D eigenvalue weighted by Gasteiger charge is 2.00. The molecule has 0 bridgehead atoms. The highest BCUT2D eigenvalue weighted by molar-refractivity contribution is 5.39. The third kappa shape index (κ3) is 5.98. The number of methoxy groups -OCH3 is 1. The van der Waals surface area contributed by atoms with Gasteiger partial charge in [-0.25, -0.2) is 4.98 Å². The Balaban J connectivity index is 2.51. The van der Waals surface area contributed by atoms with Gasteiger partial charge in [0.05, 0.1) is 6.61 Å². The fourth-order valence-corrected chi connectivity index (χ4v) is 1.72. The van der Waals surface area contributed by atoms with E-state index in [1.54, 1.807) is 7.11 Å². The summed E-state index contributed by atoms with van der Waals surface area (Å²) in [5.41, 5.74) is 2.31. The first-order chi connectivity index (χ1) is 8.61. The predicted molar refractivity (Wildman–Crippen MR) is 75.9 cm³/mol. The first-order valence-corrected chi connectivity index (χ1v) is 6.53. The molecule has 0 aliphatic heterocycles. The molecule has 0 atom stereocenters. The smallest absolute Gasteiger partial charge is 0.126 e. The molecule has 0 aliphatic carbocycles. The van der Waals surface area contributed by atoms with Crippen molar-refractivity contribution in [1.82, 2.24) is 10.3 Å². The van der Waals surface area contributed by atoms with E-state index >= 15 is 0 Å². The number of aryl methyl sites for hydroxylation is 1. The summed E-state index contributed by atoms with van der Waals surface area (Å²) < 4.78 is 5.01. The Bertz CT molecular complexity index is 353. The zero-order valence-electron chi connectivity index (χ0n) is 11.9. The van der Waals surface area contributed by atoms with Crippen molar-refractivity contribution in [2.45, 2.75) is 27.3 Å². The van der Waals surface area contributed by atoms with Crippen molar-refractivity contribution in [3.8, 4) is 0 Å². The number of aromatic nitrogens is 1. The molecule has 1 aromatic rings. The maximum atomic E-state index is 5.01. The largest absolute Gasteiger partial charge is 0.383 e. The monoisotopic (exact) mass is 251 g/mol. The summed E-state index contributed by atoms with van der Waals surface area (Å²) in [4.78, 5) is 4.45. The van der Waals surface area contributed by atoms with E-state index < -0.39 is 0 Å². The Morgan fingerprint density at radius 1 is 1.33 bits per heavy atom. The Morgan fingerprint density at radius 3 is 2.78 bits per heavy atom. The standard InChI is InChI=1S/C14H25N3O/c1-11(2)9-15-10-13-7-12(3)17-14(8-13)16-5-6-18-4/h7-8,11,15H,5-6,9-10H2,1-4H3,(H,16,17). The molecule has 1 rings (SSSR count). The SMILES string of the molecule is COCCNc1cc(CNCC(C)C)cc(C)n1. The van der Waals surface area contributed by atoms with Crippen LogP contribution in [0, 0.1) is 12.8 Å². The maximum Gasteiger partial charge on any atom is 0.126 e. The molecule has 0 radical (unpaired) electrons. The van der Waals surface area contributed by atoms with Crippen molar-refractivity contribution in [2.24, 2.45) is 5.92 Å². The molecular weight excluding hydrogens is 226 g/mol. The minimum atomic E-state index is 0.673. The summed E-state index contributed by atoms with van der Waals surface area (Å²) in [5.74, 6) is 1.60. The summed E-state index contributed by atoms with van der Waals surface area (Å²) >= 11 is 0. The van der Waals surface area contributed by atoms with Gasteiger partial charge in [0.15, 0.2) is 0 Å². The van der Waals surface area contributed by atoms with Gasteiger partial charge in [-0.1, -0.05) is 13.8 Å². The molecule has 1 heterocycles. The zero-order valence-corrected chi connectivity index (χ0v) is 11.9. The lowest BCUT2D eigenvalue weighted by molar-refractivity contribution is 0.210. The number of anilines is 1. The second-order valence-corrected chi connectivity index (χ2v) is 4.95. The third-order valence-corrected chi connectivity index (χ3v) is 2.51. The molecule has 0 amide bonds. The summed E-state index contributed by atoms with van der Waals surface area (Å²) in [5, 5.41) is 6.70. The second kappa shape index (κ2) is 8.06. The van der Waals surface area contributed by atoms with Gasteiger partial charge >= 0.3 is 0 Å². The Labute approximate surface area is 110 Å². The molecule has 0 unspecified atom stereocenters. The van der Waals surface area contributed by atoms with Gasteiger partial charge in [0.1, 0.15) is 5.82 Å². The number of rotatable bonds is 8. The van der Waals surface area contributed by atoms with Crippen molar-refractivity contribution in [2.75, 3.05) is 32.1 Å². The van der Waals surface area contributed by atoms with Crippen LogP contribution >= 0.6 is 0 Å². The fraction of sp³-hybridized carbons (Fsp3) is 0.643. The molecule has 0 fully saturated rings. The first-order valence-electron chi connectivity index (χ1n) is 6.53. The van der Waals surface area contributed by atoms with Crippen LogP contribution in [0.25, 0.3) is 0 Å². The summed E-state index contributed by atoms with van der Waals surface area (Å²) in [7, 11) is 1.70. The minimum Gasteiger partial charge on any atom is -0.383 e. The summed E-state index contributed by atoms with van der Waals surface area (Å²) in [6.07, 6.45) is 0. The third-order valence-electron chi connectivity index (χ3n) is 2.51. The molecule has 0 aromatic carbocycles. The van der Waals surface area contributed by atoms with Crippen LogP contribution in [0.1, 0.15) is 25.1 Å². The normalized spacial score (nSPS) is 10.9. The van der Waals surface area contributed by atoms with Crippen LogP contribution in [0.2, 0.25) is 0 Å². The van der Waals surface area contributed by atoms with Crippen molar-refractivity contribution < 1.29 is 4.74 Å². The summed E-state index contributed by atoms with van der Waals surface area (Å²) in [6.45, 7) is 9.84. The molecule has 0 spiro atoms. The zero-order chi connectivity index (χ0) is 13.4. The van der Waals surface area contributed by atoms with Gasteiger partial charge in [-0.15, -0.1) is 0 Å². The first kappa shape index (κ1) is 14.9. The van der Waals surface area contributed by atoms with Gasteiger partial charge < -0.3 is 15.4 Å². The van der Waals surface area contributed by atoms with Crippen molar-refractivity contribution in [1.29, 1.82) is 0 Å². The Hall–Kier alpha value is -1.13. The van der Waals surface area contributed by atoms with Crippen LogP contribution in [-0.4, -0.2) is 31.8 Å². The van der Waals surface area contributed by atoms with E-state index in [0.717, 1.165) is 31.1 Å². The van der Waals surface area contributed by atoms with Crippen LogP contribution in [0.5, 0.6) is 0 Å². The van der Waals surface area contributed by atoms with Crippen molar-refractivity contribution >= 4 is 5.82 Å². The van der Waals surface area contributed by atoms with Gasteiger partial charge in [0.25, 0.3) is 0 Å². The lowest BCUT2D eigenvalue weighted by Crippen LogP contribution is -2.19. The molecule has 102 valence electrons. The molecule has 4 nitrogen and oxygen atoms in total. The van der Waals surface area contributed by atoms with E-state index in [2.05, 4.69) is 41.6 Å². The fourth-order valence-electron chi connectivity index (χ4n) is 1.72. The van der Waals surface area contributed by atoms with Crippen LogP contribution in [0.15, 0.2) is 12.1 Å². The molecule has 0 aliphatic rings. The van der Waals surface area contributed by atoms with E-state index in [9.17, 15) is 0 Å². The number of nitrogens with zero attached hydrogens (tertiary/aromatic N) is 1. The topological polar surface area (TPSA) is 46.2 Å². The Kier molecular flexibility index (Phi) is 6.68. The van der Waals surface area contributed by atoms with E-state index in [0.29, 0.717) is 12.5 Å². The highest BCUT2D eigenvalue weighted by Crippen LogP contribution is 2.10. The molecule has 2 N–H and O–H groups in total. The van der Waals surface area contributed by atoms with Crippen LogP contribution in [-0.2, 0) is 11.3 Å². The van der Waals surface area contributed by atoms with E-state index in [4.69, 9.17) is 4.74 Å². The van der Waals surface area contributed by atoms with Gasteiger partial charge in [-0.05, 0) is 37.1 Å². The van der Waals surface area contributed by atoms with Gasteiger partial charge in [-0.3, -0.25) is 0 Å². The quantitative estimate of drug-likeness (QED) is 0.695. The summed E-state index contributed by atoms with van der Waals surface area (Å²) in [6, 6.07) is 4.21. The van der Waals surface area contributed by atoms with Crippen LogP contribution < -0.4 is 10.6 Å². The lowest BCUT2D eigenvalue weighted by Gasteiger charge is -2.11. The van der Waals surface area contributed by atoms with Crippen LogP contribution in [0.4, 0.5) is 5.82 Å². The average molecular weight is 251 g/mol. The lowest BCUT2D eigenvalue weighted by atomic mass is 10.2. The number of nitrogens with one attached hydrogen (secondary N) is 2. The molecule has 18 heavy (non-hydrogen) atoms. The van der Waals surface area contributed by atoms with E-state index in [1.165, 1.54) is 5.56 Å². The number of ether oxygens (including phenoxy) is 1. The molecule has 4 heteroatoms. The van der Waals surface area contributed by atoms with Gasteiger partial charge in [0.2, 0.25) is 0 Å². The minimum absolute atomic E-state index is 0.673. The maximum absolute atomic E-state index is 5.01. The van der Waals surface area contributed by atoms with Crippen molar-refractivity contribution in [3.05, 3.63) is 23.4 Å². The molecule has 0 saturated heterocycles. The Morgan fingerprint density at radius 2 is 2.11 bits per heavy atom. The van der Waals surface area contributed by atoms with Crippen molar-refractivity contribution in [3.63, 3.8) is 0 Å². The molecule has 0 saturated carbocycles. The number of hydrogen-bond donors (Lipinski definition) is 2. The number of hydrogen-bond acceptors (Lipinski definition) is 4. The second-order valence-electron chi connectivity index (χ2n) is 4.95. The molecule has 1 aromatic heterocycles. The van der Waals surface area contributed by atoms with E-state index in [-0.39, 0.29) is 0 Å². The van der Waals surface area contributed by atoms with Crippen LogP contribution in [0.3, 0.4) is 0 Å². The highest BCUT2D eigenvalue weighted by atomic mass is 16.5. The van der Waals surface area contributed by atoms with Gasteiger partial charge in [-0.2, -0.15) is 0 Å². The number of pyridine rings is 1. The van der Waals surface area contributed by atoms with Gasteiger partial charge in [0, 0.05) is 25.9 Å².